The molecule has 4 rings (SSSR count). The highest BCUT2D eigenvalue weighted by atomic mass is 16.7. The fourth-order valence-corrected chi connectivity index (χ4v) is 4.88. The lowest BCUT2D eigenvalue weighted by molar-refractivity contribution is -0.159. The Hall–Kier alpha value is -4.50. The summed E-state index contributed by atoms with van der Waals surface area (Å²) in [6.45, 7) is 9.76. The van der Waals surface area contributed by atoms with E-state index in [0.717, 1.165) is 45.8 Å². The smallest absolute Gasteiger partial charge is 0.314 e. The van der Waals surface area contributed by atoms with Crippen LogP contribution in [-0.4, -0.2) is 63.8 Å². The van der Waals surface area contributed by atoms with Crippen LogP contribution in [0.2, 0.25) is 0 Å². The van der Waals surface area contributed by atoms with Crippen LogP contribution in [0.25, 0.3) is 11.1 Å². The van der Waals surface area contributed by atoms with Gasteiger partial charge in [-0.25, -0.2) is 0 Å². The first-order chi connectivity index (χ1) is 21.4. The van der Waals surface area contributed by atoms with E-state index in [1.807, 2.05) is 85.7 Å². The molecule has 0 N–H and O–H groups in total. The van der Waals surface area contributed by atoms with Crippen molar-refractivity contribution in [2.75, 3.05) is 40.8 Å². The van der Waals surface area contributed by atoms with Crippen molar-refractivity contribution in [3.8, 4) is 23.0 Å². The van der Waals surface area contributed by atoms with Crippen LogP contribution in [-0.2, 0) is 19.1 Å². The Morgan fingerprint density at radius 3 is 1.98 bits per heavy atom. The molecule has 1 aliphatic rings. The lowest BCUT2D eigenvalue weighted by Crippen LogP contribution is -2.34. The maximum Gasteiger partial charge on any atom is 0.314 e. The first-order valence-corrected chi connectivity index (χ1v) is 15.0. The lowest BCUT2D eigenvalue weighted by Gasteiger charge is -2.21. The SMILES string of the molecule is CCC(=C(c1ccc(OCOC(=O)C(C)(C)C)cc1)c1ccc(OCC(CN(C)C)OC(C)=O)cc1)c1ccc2c(c1)OCO2. The van der Waals surface area contributed by atoms with Crippen molar-refractivity contribution in [2.24, 2.45) is 5.41 Å². The van der Waals surface area contributed by atoms with Crippen molar-refractivity contribution in [1.82, 2.24) is 4.90 Å². The fraction of sp³-hybridized carbons (Fsp3) is 0.389. The van der Waals surface area contributed by atoms with Crippen LogP contribution in [0.5, 0.6) is 23.0 Å². The molecule has 0 radical (unpaired) electrons. The van der Waals surface area contributed by atoms with Crippen LogP contribution >= 0.6 is 0 Å². The Labute approximate surface area is 265 Å². The third-order valence-corrected chi connectivity index (χ3v) is 7.03. The van der Waals surface area contributed by atoms with E-state index in [-0.39, 0.29) is 38.2 Å². The third-order valence-electron chi connectivity index (χ3n) is 7.03. The van der Waals surface area contributed by atoms with Crippen molar-refractivity contribution in [3.05, 3.63) is 83.4 Å². The van der Waals surface area contributed by atoms with Gasteiger partial charge in [0.1, 0.15) is 24.2 Å². The number of carbonyl (C=O) groups is 2. The average Bonchev–Trinajstić information content (AvgIpc) is 3.46. The second-order valence-corrected chi connectivity index (χ2v) is 12.1. The molecule has 0 fully saturated rings. The third kappa shape index (κ3) is 9.25. The maximum atomic E-state index is 12.1. The molecule has 3 aromatic rings. The van der Waals surface area contributed by atoms with Crippen LogP contribution < -0.4 is 18.9 Å². The molecule has 0 aromatic heterocycles. The minimum absolute atomic E-state index is 0.163. The molecule has 9 heteroatoms. The number of rotatable bonds is 13. The Balaban J connectivity index is 1.62. The number of carbonyl (C=O) groups excluding carboxylic acids is 2. The van der Waals surface area contributed by atoms with E-state index in [0.29, 0.717) is 18.0 Å². The first kappa shape index (κ1) is 33.4. The highest BCUT2D eigenvalue weighted by Crippen LogP contribution is 2.40. The Morgan fingerprint density at radius 1 is 0.844 bits per heavy atom. The van der Waals surface area contributed by atoms with Gasteiger partial charge >= 0.3 is 11.9 Å². The number of allylic oxidation sites excluding steroid dienone is 1. The highest BCUT2D eigenvalue weighted by Gasteiger charge is 2.23. The van der Waals surface area contributed by atoms with Gasteiger partial charge < -0.3 is 33.3 Å². The number of nitrogens with zero attached hydrogens (tertiary/aromatic N) is 1. The predicted molar refractivity (Wildman–Crippen MR) is 172 cm³/mol. The standard InChI is InChI=1S/C36H43NO8/c1-8-31(27-13-18-32-33(19-27)43-23-42-32)34(26-11-16-29(17-12-26)41-22-44-35(39)36(3,4)5)25-9-14-28(15-10-25)40-21-30(20-37(6)7)45-24(2)38/h9-19,30H,8,20-23H2,1-7H3. The molecular formula is C36H43NO8. The Bertz CT molecular complexity index is 1490. The molecule has 45 heavy (non-hydrogen) atoms. The first-order valence-electron chi connectivity index (χ1n) is 15.0. The van der Waals surface area contributed by atoms with Crippen LogP contribution in [0, 0.1) is 5.41 Å². The molecule has 0 amide bonds. The fourth-order valence-electron chi connectivity index (χ4n) is 4.88. The van der Waals surface area contributed by atoms with E-state index in [1.165, 1.54) is 6.92 Å². The van der Waals surface area contributed by atoms with Crippen LogP contribution in [0.15, 0.2) is 66.7 Å². The number of benzene rings is 3. The quantitative estimate of drug-likeness (QED) is 0.120. The molecule has 0 saturated carbocycles. The summed E-state index contributed by atoms with van der Waals surface area (Å²) < 4.78 is 33.6. The molecular weight excluding hydrogens is 574 g/mol. The van der Waals surface area contributed by atoms with E-state index in [2.05, 4.69) is 6.92 Å². The van der Waals surface area contributed by atoms with Crippen molar-refractivity contribution < 1.29 is 38.0 Å². The minimum Gasteiger partial charge on any atom is -0.490 e. The van der Waals surface area contributed by atoms with E-state index in [1.54, 1.807) is 20.8 Å². The highest BCUT2D eigenvalue weighted by molar-refractivity contribution is 5.99. The Kier molecular flexibility index (Phi) is 11.1. The van der Waals surface area contributed by atoms with E-state index in [9.17, 15) is 9.59 Å². The number of likely N-dealkylation sites (N-methyl/N-ethyl adjacent to an activating group) is 1. The van der Waals surface area contributed by atoms with Gasteiger partial charge in [-0.05, 0) is 106 Å². The summed E-state index contributed by atoms with van der Waals surface area (Å²) in [5, 5.41) is 0. The zero-order chi connectivity index (χ0) is 32.6. The molecule has 0 saturated heterocycles. The summed E-state index contributed by atoms with van der Waals surface area (Å²) >= 11 is 0. The second kappa shape index (κ2) is 15.0. The van der Waals surface area contributed by atoms with Gasteiger partial charge in [0.15, 0.2) is 11.5 Å². The van der Waals surface area contributed by atoms with Gasteiger partial charge in [-0.3, -0.25) is 9.59 Å². The van der Waals surface area contributed by atoms with Gasteiger partial charge in [0.05, 0.1) is 5.41 Å². The summed E-state index contributed by atoms with van der Waals surface area (Å²) in [6.07, 6.45) is 0.367. The molecule has 9 nitrogen and oxygen atoms in total. The zero-order valence-corrected chi connectivity index (χ0v) is 27.2. The largest absolute Gasteiger partial charge is 0.490 e. The second-order valence-electron chi connectivity index (χ2n) is 12.1. The van der Waals surface area contributed by atoms with Crippen molar-refractivity contribution in [3.63, 3.8) is 0 Å². The number of ether oxygens (including phenoxy) is 6. The normalized spacial score (nSPS) is 13.6. The van der Waals surface area contributed by atoms with Gasteiger partial charge in [-0.2, -0.15) is 0 Å². The summed E-state index contributed by atoms with van der Waals surface area (Å²) in [5.74, 6) is 2.04. The van der Waals surface area contributed by atoms with Gasteiger partial charge in [0.2, 0.25) is 13.6 Å². The number of fused-ring (bicyclic) bond motifs is 1. The summed E-state index contributed by atoms with van der Waals surface area (Å²) in [5.41, 5.74) is 4.57. The van der Waals surface area contributed by atoms with E-state index in [4.69, 9.17) is 28.4 Å². The summed E-state index contributed by atoms with van der Waals surface area (Å²) in [7, 11) is 3.84. The molecule has 1 unspecified atom stereocenters. The van der Waals surface area contributed by atoms with E-state index < -0.39 is 5.41 Å². The number of esters is 2. The van der Waals surface area contributed by atoms with Crippen LogP contribution in [0.4, 0.5) is 0 Å². The van der Waals surface area contributed by atoms with Crippen LogP contribution in [0.3, 0.4) is 0 Å². The van der Waals surface area contributed by atoms with Crippen molar-refractivity contribution in [2.45, 2.75) is 47.1 Å². The number of hydrogen-bond acceptors (Lipinski definition) is 9. The van der Waals surface area contributed by atoms with Crippen LogP contribution in [0.1, 0.15) is 57.7 Å². The minimum atomic E-state index is -0.602. The summed E-state index contributed by atoms with van der Waals surface area (Å²) in [4.78, 5) is 25.6. The molecule has 240 valence electrons. The molecule has 0 spiro atoms. The molecule has 3 aromatic carbocycles. The predicted octanol–water partition coefficient (Wildman–Crippen LogP) is 6.58. The Morgan fingerprint density at radius 2 is 1.42 bits per heavy atom. The average molecular weight is 618 g/mol. The van der Waals surface area contributed by atoms with E-state index >= 15 is 0 Å². The van der Waals surface area contributed by atoms with Gasteiger partial charge in [-0.15, -0.1) is 0 Å². The maximum absolute atomic E-state index is 12.1. The molecule has 1 atom stereocenters. The lowest BCUT2D eigenvalue weighted by atomic mass is 9.88. The molecule has 0 aliphatic carbocycles. The molecule has 0 bridgehead atoms. The summed E-state index contributed by atoms with van der Waals surface area (Å²) in [6, 6.07) is 21.6. The number of hydrogen-bond donors (Lipinski definition) is 0. The molecule has 1 heterocycles. The van der Waals surface area contributed by atoms with Gasteiger partial charge in [0.25, 0.3) is 0 Å². The van der Waals surface area contributed by atoms with Gasteiger partial charge in [-0.1, -0.05) is 37.3 Å². The van der Waals surface area contributed by atoms with Crippen molar-refractivity contribution in [1.29, 1.82) is 0 Å². The van der Waals surface area contributed by atoms with Gasteiger partial charge in [0, 0.05) is 13.5 Å². The molecule has 1 aliphatic heterocycles. The topological polar surface area (TPSA) is 92.8 Å². The van der Waals surface area contributed by atoms with Crippen molar-refractivity contribution >= 4 is 23.1 Å². The zero-order valence-electron chi connectivity index (χ0n) is 27.2. The monoisotopic (exact) mass is 617 g/mol.